The highest BCUT2D eigenvalue weighted by molar-refractivity contribution is 7.99. The molecule has 0 fully saturated rings. The topological polar surface area (TPSA) is 33.7 Å². The van der Waals surface area contributed by atoms with Gasteiger partial charge in [-0.05, 0) is 145 Å². The zero-order chi connectivity index (χ0) is 43.0. The fraction of sp³-hybridized carbons (Fsp3) is 0. The van der Waals surface area contributed by atoms with Gasteiger partial charge in [0.15, 0.2) is 0 Å². The third-order valence-corrected chi connectivity index (χ3v) is 15.0. The zero-order valence-corrected chi connectivity index (χ0v) is 36.2. The molecular formula is C61H35N3OS. The normalized spacial score (nSPS) is 12.8. The molecule has 0 spiro atoms. The van der Waals surface area contributed by atoms with Crippen molar-refractivity contribution in [3.63, 3.8) is 0 Å². The molecular weight excluding hydrogens is 823 g/mol. The molecule has 3 aromatic heterocycles. The highest BCUT2D eigenvalue weighted by atomic mass is 32.2. The van der Waals surface area contributed by atoms with E-state index < -0.39 is 0 Å². The molecule has 5 heteroatoms. The molecule has 0 bridgehead atoms. The zero-order valence-electron chi connectivity index (χ0n) is 35.4. The first-order chi connectivity index (χ1) is 32.7. The molecule has 0 atom stereocenters. The lowest BCUT2D eigenvalue weighted by molar-refractivity contribution is 0.669. The summed E-state index contributed by atoms with van der Waals surface area (Å²) in [6.45, 7) is 0. The highest BCUT2D eigenvalue weighted by Gasteiger charge is 2.27. The van der Waals surface area contributed by atoms with Crippen LogP contribution in [0.2, 0.25) is 0 Å². The Morgan fingerprint density at radius 3 is 1.74 bits per heavy atom. The maximum Gasteiger partial charge on any atom is 0.146 e. The van der Waals surface area contributed by atoms with E-state index in [1.807, 2.05) is 23.9 Å². The van der Waals surface area contributed by atoms with Crippen molar-refractivity contribution in [1.29, 1.82) is 0 Å². The number of nitrogens with zero attached hydrogens (tertiary/aromatic N) is 3. The summed E-state index contributed by atoms with van der Waals surface area (Å²) in [5, 5.41) is 13.4. The van der Waals surface area contributed by atoms with Crippen LogP contribution in [0.1, 0.15) is 0 Å². The summed E-state index contributed by atoms with van der Waals surface area (Å²) in [5.41, 5.74) is 14.3. The van der Waals surface area contributed by atoms with Crippen LogP contribution in [-0.4, -0.2) is 9.38 Å². The van der Waals surface area contributed by atoms with Gasteiger partial charge in [0.05, 0.1) is 27.9 Å². The molecule has 0 amide bonds. The largest absolute Gasteiger partial charge is 0.456 e. The van der Waals surface area contributed by atoms with Crippen LogP contribution in [0.3, 0.4) is 0 Å². The summed E-state index contributed by atoms with van der Waals surface area (Å²) in [5.74, 6) is 0. The van der Waals surface area contributed by atoms with Gasteiger partial charge in [0.1, 0.15) is 16.8 Å². The van der Waals surface area contributed by atoms with Crippen LogP contribution in [0.4, 0.5) is 17.1 Å². The number of rotatable bonds is 3. The van der Waals surface area contributed by atoms with Crippen molar-refractivity contribution in [3.05, 3.63) is 212 Å². The Morgan fingerprint density at radius 1 is 0.348 bits per heavy atom. The second kappa shape index (κ2) is 13.6. The monoisotopic (exact) mass is 857 g/mol. The van der Waals surface area contributed by atoms with E-state index in [1.165, 1.54) is 75.4 Å². The number of fused-ring (bicyclic) bond motifs is 19. The number of hydrogen-bond donors (Lipinski definition) is 0. The molecule has 0 unspecified atom stereocenters. The van der Waals surface area contributed by atoms with Crippen LogP contribution >= 0.6 is 11.8 Å². The van der Waals surface area contributed by atoms with Crippen molar-refractivity contribution >= 4 is 121 Å². The van der Waals surface area contributed by atoms with Gasteiger partial charge in [-0.2, -0.15) is 0 Å². The Labute approximate surface area is 382 Å². The van der Waals surface area contributed by atoms with Gasteiger partial charge in [-0.1, -0.05) is 139 Å². The predicted octanol–water partition coefficient (Wildman–Crippen LogP) is 17.4. The lowest BCUT2D eigenvalue weighted by Crippen LogP contribution is -2.15. The van der Waals surface area contributed by atoms with Crippen molar-refractivity contribution in [2.45, 2.75) is 9.79 Å². The Hall–Kier alpha value is -8.38. The minimum atomic E-state index is 0.905. The number of furan rings is 1. The second-order valence-electron chi connectivity index (χ2n) is 17.5. The predicted molar refractivity (Wildman–Crippen MR) is 277 cm³/mol. The fourth-order valence-corrected chi connectivity index (χ4v) is 12.0. The van der Waals surface area contributed by atoms with Crippen molar-refractivity contribution in [2.75, 3.05) is 4.90 Å². The third-order valence-electron chi connectivity index (χ3n) is 13.9. The molecule has 4 nitrogen and oxygen atoms in total. The molecule has 0 N–H and O–H groups in total. The molecule has 0 saturated heterocycles. The number of anilines is 3. The summed E-state index contributed by atoms with van der Waals surface area (Å²) in [6, 6.07) is 77.5. The first kappa shape index (κ1) is 36.0. The minimum absolute atomic E-state index is 0.905. The molecule has 66 heavy (non-hydrogen) atoms. The third kappa shape index (κ3) is 5.14. The van der Waals surface area contributed by atoms with Gasteiger partial charge in [0.2, 0.25) is 0 Å². The van der Waals surface area contributed by atoms with Gasteiger partial charge >= 0.3 is 0 Å². The number of benzene rings is 11. The lowest BCUT2D eigenvalue weighted by atomic mass is 9.91. The first-order valence-corrected chi connectivity index (χ1v) is 23.2. The van der Waals surface area contributed by atoms with E-state index in [1.54, 1.807) is 0 Å². The van der Waals surface area contributed by atoms with Crippen LogP contribution in [0, 0.1) is 0 Å². The summed E-state index contributed by atoms with van der Waals surface area (Å²) < 4.78 is 8.66. The quantitative estimate of drug-likeness (QED) is 0.166. The van der Waals surface area contributed by atoms with Gasteiger partial charge in [-0.15, -0.1) is 0 Å². The van der Waals surface area contributed by atoms with Crippen LogP contribution < -0.4 is 4.90 Å². The second-order valence-corrected chi connectivity index (χ2v) is 18.6. The van der Waals surface area contributed by atoms with Crippen molar-refractivity contribution < 1.29 is 4.42 Å². The molecule has 4 heterocycles. The maximum atomic E-state index is 6.33. The van der Waals surface area contributed by atoms with Crippen molar-refractivity contribution in [1.82, 2.24) is 9.38 Å². The Balaban J connectivity index is 0.908. The van der Waals surface area contributed by atoms with E-state index in [2.05, 4.69) is 209 Å². The summed E-state index contributed by atoms with van der Waals surface area (Å²) in [4.78, 5) is 9.99. The van der Waals surface area contributed by atoms with Crippen LogP contribution in [0.25, 0.3) is 115 Å². The standard InChI is InChI=1S/C61H35N3OS/c1-2-12-40(13-3-1)63-55-29-25-39(38-23-27-46-45-17-8-11-21-57(45)65-58(46)32-38)33-59(55)66-60-35-50-44-26-22-36(30-48(44)41-14-4-5-15-42(41)49(50)34-56(60)63)37-24-28-53-51(31-37)43-16-6-7-18-47(43)61-62-52-19-9-10-20-54(52)64(53)61/h1-35H. The van der Waals surface area contributed by atoms with Gasteiger partial charge < -0.3 is 9.32 Å². The smallest absolute Gasteiger partial charge is 0.146 e. The van der Waals surface area contributed by atoms with Gasteiger partial charge in [0.25, 0.3) is 0 Å². The number of para-hydroxylation sites is 4. The molecule has 0 radical (unpaired) electrons. The van der Waals surface area contributed by atoms with Gasteiger partial charge in [-0.25, -0.2) is 4.98 Å². The fourth-order valence-electron chi connectivity index (χ4n) is 10.9. The van der Waals surface area contributed by atoms with E-state index in [4.69, 9.17) is 9.40 Å². The highest BCUT2D eigenvalue weighted by Crippen LogP contribution is 2.54. The minimum Gasteiger partial charge on any atom is -0.456 e. The molecule has 1 aliphatic rings. The van der Waals surface area contributed by atoms with Crippen LogP contribution in [0.15, 0.2) is 227 Å². The number of aromatic nitrogens is 2. The maximum absolute atomic E-state index is 6.33. The molecule has 14 aromatic rings. The average molecular weight is 858 g/mol. The molecule has 306 valence electrons. The van der Waals surface area contributed by atoms with Crippen molar-refractivity contribution in [3.8, 4) is 22.3 Å². The SMILES string of the molecule is c1ccc(N2c3ccc(-c4ccc5c(c4)oc4ccccc45)cc3Sc3cc4c5ccc(-c6ccc7c(c6)c6ccccc6c6nc8ccccc8n76)cc5c5ccccc5c4cc32)cc1. The first-order valence-electron chi connectivity index (χ1n) is 22.4. The molecule has 11 aromatic carbocycles. The van der Waals surface area contributed by atoms with E-state index >= 15 is 0 Å². The lowest BCUT2D eigenvalue weighted by Gasteiger charge is -2.34. The summed E-state index contributed by atoms with van der Waals surface area (Å²) in [7, 11) is 0. The van der Waals surface area contributed by atoms with E-state index in [-0.39, 0.29) is 0 Å². The molecule has 15 rings (SSSR count). The number of pyridine rings is 1. The molecule has 0 saturated carbocycles. The van der Waals surface area contributed by atoms with E-state index in [9.17, 15) is 0 Å². The summed E-state index contributed by atoms with van der Waals surface area (Å²) >= 11 is 1.86. The van der Waals surface area contributed by atoms with Gasteiger partial charge in [-0.3, -0.25) is 4.40 Å². The number of hydrogen-bond acceptors (Lipinski definition) is 4. The summed E-state index contributed by atoms with van der Waals surface area (Å²) in [6.07, 6.45) is 0. The van der Waals surface area contributed by atoms with Crippen LogP contribution in [0.5, 0.6) is 0 Å². The Morgan fingerprint density at radius 2 is 0.909 bits per heavy atom. The number of imidazole rings is 1. The van der Waals surface area contributed by atoms with Crippen LogP contribution in [-0.2, 0) is 0 Å². The Kier molecular flexibility index (Phi) is 7.40. The van der Waals surface area contributed by atoms with Gasteiger partial charge in [0, 0.05) is 37.0 Å². The van der Waals surface area contributed by atoms with E-state index in [0.29, 0.717) is 0 Å². The van der Waals surface area contributed by atoms with Crippen molar-refractivity contribution in [2.24, 2.45) is 0 Å². The molecule has 0 aliphatic carbocycles. The Bertz CT molecular complexity index is 4390. The van der Waals surface area contributed by atoms with E-state index in [0.717, 1.165) is 66.3 Å². The molecule has 1 aliphatic heterocycles. The average Bonchev–Trinajstić information content (AvgIpc) is 3.96.